The number of hydrogen-bond acceptors (Lipinski definition) is 5. The third kappa shape index (κ3) is 6.34. The summed E-state index contributed by atoms with van der Waals surface area (Å²) < 4.78 is 10.4. The van der Waals surface area contributed by atoms with Crippen molar-refractivity contribution < 1.29 is 13.9 Å². The van der Waals surface area contributed by atoms with Gasteiger partial charge in [-0.3, -0.25) is 4.99 Å². The number of aromatic nitrogens is 1. The Kier molecular flexibility index (Phi) is 8.74. The number of carbonyl (C=O) groups is 1. The van der Waals surface area contributed by atoms with Crippen molar-refractivity contribution in [3.05, 3.63) is 41.8 Å². The van der Waals surface area contributed by atoms with Crippen molar-refractivity contribution in [3.8, 4) is 11.5 Å². The molecule has 1 fully saturated rings. The fraction of sp³-hybridized carbons (Fsp3) is 0.450. The van der Waals surface area contributed by atoms with E-state index in [1.54, 1.807) is 18.2 Å². The summed E-state index contributed by atoms with van der Waals surface area (Å²) in [5, 5.41) is 6.66. The van der Waals surface area contributed by atoms with Gasteiger partial charge >= 0.3 is 6.09 Å². The van der Waals surface area contributed by atoms with Crippen LogP contribution in [0.3, 0.4) is 0 Å². The Labute approximate surface area is 188 Å². The second kappa shape index (κ2) is 11.0. The van der Waals surface area contributed by atoms with Crippen molar-refractivity contribution >= 4 is 36.0 Å². The van der Waals surface area contributed by atoms with E-state index in [2.05, 4.69) is 20.6 Å². The molecule has 1 aliphatic rings. The molecule has 2 aromatic rings. The molecule has 9 heteroatoms. The number of ether oxygens (including phenoxy) is 1. The Hall–Kier alpha value is -2.30. The van der Waals surface area contributed by atoms with Crippen LogP contribution in [-0.2, 0) is 11.3 Å². The first-order valence-corrected chi connectivity index (χ1v) is 9.40. The molecule has 1 aromatic heterocycles. The summed E-state index contributed by atoms with van der Waals surface area (Å²) in [6, 6.07) is 8.33. The summed E-state index contributed by atoms with van der Waals surface area (Å²) in [7, 11) is 3.14. The van der Waals surface area contributed by atoms with E-state index in [0.29, 0.717) is 31.5 Å². The predicted octanol–water partition coefficient (Wildman–Crippen LogP) is 3.16. The number of amides is 1. The average molecular weight is 513 g/mol. The summed E-state index contributed by atoms with van der Waals surface area (Å²) >= 11 is 0. The van der Waals surface area contributed by atoms with Crippen LogP contribution in [0.25, 0.3) is 11.5 Å². The number of aliphatic imine (C=N–C) groups is 1. The van der Waals surface area contributed by atoms with Crippen molar-refractivity contribution in [1.82, 2.24) is 20.5 Å². The molecule has 2 heterocycles. The fourth-order valence-electron chi connectivity index (χ4n) is 3.11. The maximum absolute atomic E-state index is 11.6. The first-order chi connectivity index (χ1) is 13.6. The van der Waals surface area contributed by atoms with Crippen molar-refractivity contribution in [2.45, 2.75) is 32.4 Å². The normalized spacial score (nSPS) is 14.9. The molecule has 0 bridgehead atoms. The quantitative estimate of drug-likeness (QED) is 0.371. The molecule has 0 aliphatic carbocycles. The maximum atomic E-state index is 11.6. The number of nitrogens with zero attached hydrogens (tertiary/aromatic N) is 3. The minimum atomic E-state index is -0.267. The molecule has 29 heavy (non-hydrogen) atoms. The maximum Gasteiger partial charge on any atom is 0.409 e. The standard InChI is InChI=1S/C20H27N5O3.HI/c1-14-4-6-15(7-5-14)18-23-17(13-28-18)12-22-19(21-2)24-16-8-10-25(11-9-16)20(26)27-3;/h4-7,13,16H,8-12H2,1-3H3,(H2,21,22,24);1H. The Balaban J connectivity index is 0.00000300. The second-order valence-electron chi connectivity index (χ2n) is 6.81. The molecule has 158 valence electrons. The number of benzene rings is 1. The monoisotopic (exact) mass is 513 g/mol. The van der Waals surface area contributed by atoms with Crippen LogP contribution in [0.15, 0.2) is 39.9 Å². The number of piperidine rings is 1. The molecule has 0 saturated carbocycles. The molecular weight excluding hydrogens is 485 g/mol. The van der Waals surface area contributed by atoms with Gasteiger partial charge in [0.25, 0.3) is 0 Å². The first-order valence-electron chi connectivity index (χ1n) is 9.40. The number of halogens is 1. The SMILES string of the molecule is CN=C(NCc1coc(-c2ccc(C)cc2)n1)NC1CCN(C(=O)OC)CC1.I. The van der Waals surface area contributed by atoms with Crippen LogP contribution < -0.4 is 10.6 Å². The molecule has 3 rings (SSSR count). The molecule has 0 spiro atoms. The Morgan fingerprint density at radius 1 is 1.31 bits per heavy atom. The van der Waals surface area contributed by atoms with E-state index in [1.807, 2.05) is 31.2 Å². The average Bonchev–Trinajstić information content (AvgIpc) is 3.20. The Morgan fingerprint density at radius 2 is 2.00 bits per heavy atom. The molecular formula is C20H28IN5O3. The minimum absolute atomic E-state index is 0. The lowest BCUT2D eigenvalue weighted by Gasteiger charge is -2.32. The summed E-state index contributed by atoms with van der Waals surface area (Å²) in [6.45, 7) is 3.90. The Morgan fingerprint density at radius 3 is 2.62 bits per heavy atom. The van der Waals surface area contributed by atoms with E-state index in [1.165, 1.54) is 12.7 Å². The number of carbonyl (C=O) groups excluding carboxylic acids is 1. The first kappa shape index (κ1) is 23.0. The van der Waals surface area contributed by atoms with Gasteiger partial charge < -0.3 is 24.7 Å². The second-order valence-corrected chi connectivity index (χ2v) is 6.81. The molecule has 2 N–H and O–H groups in total. The zero-order valence-corrected chi connectivity index (χ0v) is 19.3. The van der Waals surface area contributed by atoms with Crippen LogP contribution in [0.4, 0.5) is 4.79 Å². The van der Waals surface area contributed by atoms with Gasteiger partial charge in [0.1, 0.15) is 6.26 Å². The van der Waals surface area contributed by atoms with Crippen LogP contribution in [0.1, 0.15) is 24.1 Å². The van der Waals surface area contributed by atoms with Gasteiger partial charge in [0.2, 0.25) is 5.89 Å². The summed E-state index contributed by atoms with van der Waals surface area (Å²) in [5.74, 6) is 1.31. The highest BCUT2D eigenvalue weighted by molar-refractivity contribution is 14.0. The van der Waals surface area contributed by atoms with E-state index in [4.69, 9.17) is 9.15 Å². The number of nitrogens with one attached hydrogen (secondary N) is 2. The van der Waals surface area contributed by atoms with Crippen molar-refractivity contribution in [3.63, 3.8) is 0 Å². The lowest BCUT2D eigenvalue weighted by molar-refractivity contribution is 0.111. The van der Waals surface area contributed by atoms with E-state index < -0.39 is 0 Å². The highest BCUT2D eigenvalue weighted by atomic mass is 127. The molecule has 1 saturated heterocycles. The largest absolute Gasteiger partial charge is 0.453 e. The Bertz CT molecular complexity index is 814. The van der Waals surface area contributed by atoms with Gasteiger partial charge in [0.15, 0.2) is 5.96 Å². The number of hydrogen-bond donors (Lipinski definition) is 2. The van der Waals surface area contributed by atoms with E-state index in [-0.39, 0.29) is 36.1 Å². The lowest BCUT2D eigenvalue weighted by Crippen LogP contribution is -2.49. The van der Waals surface area contributed by atoms with Crippen LogP contribution in [-0.4, -0.2) is 55.2 Å². The van der Waals surface area contributed by atoms with E-state index in [9.17, 15) is 4.79 Å². The number of methoxy groups -OCH3 is 1. The van der Waals surface area contributed by atoms with Crippen molar-refractivity contribution in [1.29, 1.82) is 0 Å². The number of rotatable bonds is 4. The smallest absolute Gasteiger partial charge is 0.409 e. The number of guanidine groups is 1. The van der Waals surface area contributed by atoms with E-state index >= 15 is 0 Å². The van der Waals surface area contributed by atoms with Gasteiger partial charge in [-0.1, -0.05) is 17.7 Å². The lowest BCUT2D eigenvalue weighted by atomic mass is 10.1. The molecule has 0 unspecified atom stereocenters. The molecule has 0 radical (unpaired) electrons. The van der Waals surface area contributed by atoms with Crippen LogP contribution in [0.5, 0.6) is 0 Å². The van der Waals surface area contributed by atoms with Crippen LogP contribution >= 0.6 is 24.0 Å². The summed E-state index contributed by atoms with van der Waals surface area (Å²) in [5.41, 5.74) is 2.96. The molecule has 1 aliphatic heterocycles. The van der Waals surface area contributed by atoms with Gasteiger partial charge in [-0.05, 0) is 31.9 Å². The third-order valence-electron chi connectivity index (χ3n) is 4.78. The molecule has 1 aromatic carbocycles. The fourth-order valence-corrected chi connectivity index (χ4v) is 3.11. The minimum Gasteiger partial charge on any atom is -0.453 e. The highest BCUT2D eigenvalue weighted by Crippen LogP contribution is 2.19. The van der Waals surface area contributed by atoms with Crippen molar-refractivity contribution in [2.75, 3.05) is 27.2 Å². The van der Waals surface area contributed by atoms with Crippen LogP contribution in [0.2, 0.25) is 0 Å². The van der Waals surface area contributed by atoms with Gasteiger partial charge in [-0.15, -0.1) is 24.0 Å². The number of oxazole rings is 1. The summed E-state index contributed by atoms with van der Waals surface area (Å²) in [4.78, 5) is 22.1. The zero-order chi connectivity index (χ0) is 19.9. The predicted molar refractivity (Wildman–Crippen MR) is 122 cm³/mol. The van der Waals surface area contributed by atoms with Gasteiger partial charge in [-0.25, -0.2) is 9.78 Å². The number of likely N-dealkylation sites (tertiary alicyclic amines) is 1. The van der Waals surface area contributed by atoms with E-state index in [0.717, 1.165) is 24.1 Å². The molecule has 0 atom stereocenters. The topological polar surface area (TPSA) is 92.0 Å². The zero-order valence-electron chi connectivity index (χ0n) is 17.0. The van der Waals surface area contributed by atoms with Gasteiger partial charge in [0.05, 0.1) is 19.3 Å². The van der Waals surface area contributed by atoms with Gasteiger partial charge in [0, 0.05) is 31.7 Å². The summed E-state index contributed by atoms with van der Waals surface area (Å²) in [6.07, 6.45) is 3.08. The highest BCUT2D eigenvalue weighted by Gasteiger charge is 2.23. The number of aryl methyl sites for hydroxylation is 1. The third-order valence-corrected chi connectivity index (χ3v) is 4.78. The van der Waals surface area contributed by atoms with Gasteiger partial charge in [-0.2, -0.15) is 0 Å². The molecule has 8 nitrogen and oxygen atoms in total. The molecule has 1 amide bonds. The van der Waals surface area contributed by atoms with Crippen molar-refractivity contribution in [2.24, 2.45) is 4.99 Å². The van der Waals surface area contributed by atoms with Crippen LogP contribution in [0, 0.1) is 6.92 Å².